The van der Waals surface area contributed by atoms with Crippen LogP contribution in [0.2, 0.25) is 0 Å². The van der Waals surface area contributed by atoms with Crippen molar-refractivity contribution in [3.63, 3.8) is 0 Å². The van der Waals surface area contributed by atoms with E-state index < -0.39 is 0 Å². The Kier molecular flexibility index (Phi) is 4.83. The molecule has 1 saturated heterocycles. The normalized spacial score (nSPS) is 26.1. The van der Waals surface area contributed by atoms with E-state index in [1.807, 2.05) is 10.9 Å². The Hall–Kier alpha value is -0.910. The lowest BCUT2D eigenvalue weighted by atomic mass is 9.92. The van der Waals surface area contributed by atoms with Crippen molar-refractivity contribution in [1.29, 1.82) is 0 Å². The maximum absolute atomic E-state index is 6.03. The van der Waals surface area contributed by atoms with Crippen LogP contribution in [0.15, 0.2) is 12.4 Å². The molecule has 1 aliphatic heterocycles. The van der Waals surface area contributed by atoms with Crippen LogP contribution < -0.4 is 5.73 Å². The second kappa shape index (κ2) is 6.24. The zero-order valence-electron chi connectivity index (χ0n) is 13.2. The monoisotopic (exact) mass is 280 g/mol. The molecule has 0 radical (unpaired) electrons. The maximum atomic E-state index is 6.03. The minimum absolute atomic E-state index is 0.0558. The first kappa shape index (κ1) is 15.5. The number of aromatic nitrogens is 2. The van der Waals surface area contributed by atoms with Gasteiger partial charge in [0.15, 0.2) is 0 Å². The fraction of sp³-hybridized carbons (Fsp3) is 0.800. The predicted molar refractivity (Wildman–Crippen MR) is 80.6 cm³/mol. The van der Waals surface area contributed by atoms with Gasteiger partial charge in [0.25, 0.3) is 0 Å². The number of piperidine rings is 1. The molecule has 2 unspecified atom stereocenters. The van der Waals surface area contributed by atoms with E-state index in [0.29, 0.717) is 12.6 Å². The summed E-state index contributed by atoms with van der Waals surface area (Å²) in [6.07, 6.45) is 6.35. The number of hydrogen-bond acceptors (Lipinski definition) is 4. The topological polar surface area (TPSA) is 56.3 Å². The van der Waals surface area contributed by atoms with E-state index in [0.717, 1.165) is 25.9 Å². The van der Waals surface area contributed by atoms with Crippen LogP contribution in [0.5, 0.6) is 0 Å². The van der Waals surface area contributed by atoms with Crippen LogP contribution in [0, 0.1) is 0 Å². The number of hydrogen-bond donors (Lipinski definition) is 1. The molecule has 0 aromatic carbocycles. The minimum Gasteiger partial charge on any atom is -0.377 e. The van der Waals surface area contributed by atoms with Gasteiger partial charge in [-0.25, -0.2) is 0 Å². The fourth-order valence-corrected chi connectivity index (χ4v) is 2.98. The van der Waals surface area contributed by atoms with Crippen LogP contribution in [-0.2, 0) is 4.74 Å². The molecular weight excluding hydrogens is 252 g/mol. The molecule has 1 fully saturated rings. The van der Waals surface area contributed by atoms with Gasteiger partial charge >= 0.3 is 0 Å². The highest BCUT2D eigenvalue weighted by molar-refractivity contribution is 5.12. The Morgan fingerprint density at radius 2 is 2.25 bits per heavy atom. The average Bonchev–Trinajstić information content (AvgIpc) is 2.90. The molecule has 1 aliphatic rings. The molecule has 0 amide bonds. The Labute approximate surface area is 122 Å². The summed E-state index contributed by atoms with van der Waals surface area (Å²) in [7, 11) is 1.80. The van der Waals surface area contributed by atoms with E-state index in [2.05, 4.69) is 37.0 Å². The zero-order chi connectivity index (χ0) is 14.8. The third kappa shape index (κ3) is 3.22. The number of likely N-dealkylation sites (tertiary alicyclic amines) is 1. The molecule has 2 rings (SSSR count). The Bertz CT molecular complexity index is 431. The van der Waals surface area contributed by atoms with Gasteiger partial charge in [-0.3, -0.25) is 9.58 Å². The molecule has 0 bridgehead atoms. The summed E-state index contributed by atoms with van der Waals surface area (Å²) in [5.74, 6) is 0. The molecule has 2 atom stereocenters. The first-order chi connectivity index (χ1) is 9.49. The van der Waals surface area contributed by atoms with Crippen molar-refractivity contribution in [2.45, 2.75) is 51.3 Å². The molecule has 114 valence electrons. The molecule has 0 aliphatic carbocycles. The van der Waals surface area contributed by atoms with Gasteiger partial charge in [0, 0.05) is 38.0 Å². The number of rotatable bonds is 5. The zero-order valence-corrected chi connectivity index (χ0v) is 13.2. The first-order valence-corrected chi connectivity index (χ1v) is 7.52. The van der Waals surface area contributed by atoms with Crippen LogP contribution >= 0.6 is 0 Å². The quantitative estimate of drug-likeness (QED) is 0.896. The van der Waals surface area contributed by atoms with E-state index in [1.54, 1.807) is 7.11 Å². The summed E-state index contributed by atoms with van der Waals surface area (Å²) in [5.41, 5.74) is 7.19. The van der Waals surface area contributed by atoms with Crippen molar-refractivity contribution in [2.75, 3.05) is 26.7 Å². The highest BCUT2D eigenvalue weighted by Crippen LogP contribution is 2.30. The van der Waals surface area contributed by atoms with Gasteiger partial charge in [-0.05, 0) is 40.2 Å². The Morgan fingerprint density at radius 1 is 1.50 bits per heavy atom. The van der Waals surface area contributed by atoms with Crippen LogP contribution in [0.25, 0.3) is 0 Å². The molecule has 2 heterocycles. The largest absolute Gasteiger partial charge is 0.377 e. The maximum Gasteiger partial charge on any atom is 0.0777 e. The molecule has 0 saturated carbocycles. The smallest absolute Gasteiger partial charge is 0.0777 e. The van der Waals surface area contributed by atoms with Crippen LogP contribution in [0.1, 0.15) is 51.3 Å². The third-order valence-electron chi connectivity index (χ3n) is 4.38. The molecule has 20 heavy (non-hydrogen) atoms. The van der Waals surface area contributed by atoms with E-state index in [4.69, 9.17) is 10.5 Å². The number of methoxy groups -OCH3 is 1. The van der Waals surface area contributed by atoms with Crippen molar-refractivity contribution in [3.8, 4) is 0 Å². The second-order valence-corrected chi connectivity index (χ2v) is 6.33. The van der Waals surface area contributed by atoms with E-state index in [9.17, 15) is 0 Å². The van der Waals surface area contributed by atoms with Crippen molar-refractivity contribution >= 4 is 0 Å². The van der Waals surface area contributed by atoms with Crippen molar-refractivity contribution < 1.29 is 4.74 Å². The molecule has 2 N–H and O–H groups in total. The highest BCUT2D eigenvalue weighted by Gasteiger charge is 2.34. The predicted octanol–water partition coefficient (Wildman–Crippen LogP) is 1.96. The van der Waals surface area contributed by atoms with E-state index in [-0.39, 0.29) is 11.6 Å². The summed E-state index contributed by atoms with van der Waals surface area (Å²) >= 11 is 0. The molecule has 1 aromatic rings. The fourth-order valence-electron chi connectivity index (χ4n) is 2.98. The minimum atomic E-state index is -0.0558. The van der Waals surface area contributed by atoms with Gasteiger partial charge in [0.05, 0.1) is 17.8 Å². The van der Waals surface area contributed by atoms with Gasteiger partial charge < -0.3 is 10.5 Å². The molecule has 1 aromatic heterocycles. The summed E-state index contributed by atoms with van der Waals surface area (Å²) < 4.78 is 7.68. The summed E-state index contributed by atoms with van der Waals surface area (Å²) in [6.45, 7) is 9.08. The Morgan fingerprint density at radius 3 is 2.80 bits per heavy atom. The van der Waals surface area contributed by atoms with Crippen molar-refractivity contribution in [2.24, 2.45) is 5.73 Å². The first-order valence-electron chi connectivity index (χ1n) is 7.52. The summed E-state index contributed by atoms with van der Waals surface area (Å²) in [6, 6.07) is 0.616. The number of nitrogens with zero attached hydrogens (tertiary/aromatic N) is 3. The van der Waals surface area contributed by atoms with E-state index in [1.165, 1.54) is 5.56 Å². The lowest BCUT2D eigenvalue weighted by Crippen LogP contribution is -2.49. The van der Waals surface area contributed by atoms with Crippen molar-refractivity contribution in [1.82, 2.24) is 14.7 Å². The lowest BCUT2D eigenvalue weighted by molar-refractivity contribution is -0.0608. The number of nitrogens with two attached hydrogens (primary N) is 1. The Balaban J connectivity index is 2.14. The molecule has 0 spiro atoms. The van der Waals surface area contributed by atoms with Crippen LogP contribution in [-0.4, -0.2) is 47.0 Å². The standard InChI is InChI=1S/C15H28N4O/c1-12(2)19-10-13(9-17-19)14(8-16)18-7-5-6-15(3,11-18)20-4/h9-10,12,14H,5-8,11,16H2,1-4H3. The summed E-state index contributed by atoms with van der Waals surface area (Å²) in [4.78, 5) is 2.44. The average molecular weight is 280 g/mol. The van der Waals surface area contributed by atoms with E-state index >= 15 is 0 Å². The molecule has 5 heteroatoms. The molecule has 5 nitrogen and oxygen atoms in total. The number of ether oxygens (including phenoxy) is 1. The van der Waals surface area contributed by atoms with Crippen molar-refractivity contribution in [3.05, 3.63) is 18.0 Å². The van der Waals surface area contributed by atoms with Gasteiger partial charge in [0.1, 0.15) is 0 Å². The van der Waals surface area contributed by atoms with Crippen LogP contribution in [0.4, 0.5) is 0 Å². The second-order valence-electron chi connectivity index (χ2n) is 6.33. The van der Waals surface area contributed by atoms with Gasteiger partial charge in [0.2, 0.25) is 0 Å². The van der Waals surface area contributed by atoms with Gasteiger partial charge in [-0.2, -0.15) is 5.10 Å². The summed E-state index contributed by atoms with van der Waals surface area (Å²) in [5, 5.41) is 4.44. The van der Waals surface area contributed by atoms with Gasteiger partial charge in [-0.15, -0.1) is 0 Å². The molecular formula is C15H28N4O. The van der Waals surface area contributed by atoms with Gasteiger partial charge in [-0.1, -0.05) is 0 Å². The lowest BCUT2D eigenvalue weighted by Gasteiger charge is -2.42. The SMILES string of the molecule is COC1(C)CCCN(C(CN)c2cnn(C(C)C)c2)C1. The van der Waals surface area contributed by atoms with Crippen LogP contribution in [0.3, 0.4) is 0 Å². The third-order valence-corrected chi connectivity index (χ3v) is 4.38. The highest BCUT2D eigenvalue weighted by atomic mass is 16.5.